The maximum absolute atomic E-state index is 12.8. The molecule has 3 heteroatoms. The zero-order valence-corrected chi connectivity index (χ0v) is 9.20. The fraction of sp³-hybridized carbons (Fsp3) is 0.400. The third-order valence-corrected chi connectivity index (χ3v) is 2.35. The van der Waals surface area contributed by atoms with Crippen LogP contribution in [0.15, 0.2) is 22.7 Å². The summed E-state index contributed by atoms with van der Waals surface area (Å²) in [5.41, 5.74) is 1.10. The summed E-state index contributed by atoms with van der Waals surface area (Å²) < 4.78 is 13.4. The predicted octanol–water partition coefficient (Wildman–Crippen LogP) is 3.09. The zero-order valence-electron chi connectivity index (χ0n) is 7.61. The summed E-state index contributed by atoms with van der Waals surface area (Å²) in [4.78, 5) is 0. The minimum Gasteiger partial charge on any atom is -0.313 e. The largest absolute Gasteiger partial charge is 0.313 e. The normalized spacial score (nSPS) is 10.4. The van der Waals surface area contributed by atoms with E-state index in [2.05, 4.69) is 28.2 Å². The van der Waals surface area contributed by atoms with E-state index in [-0.39, 0.29) is 5.82 Å². The molecule has 1 rings (SSSR count). The van der Waals surface area contributed by atoms with Crippen molar-refractivity contribution in [2.45, 2.75) is 19.9 Å². The number of rotatable bonds is 4. The average Bonchev–Trinajstić information content (AvgIpc) is 2.12. The van der Waals surface area contributed by atoms with Gasteiger partial charge in [0.2, 0.25) is 0 Å². The molecule has 13 heavy (non-hydrogen) atoms. The molecule has 0 fully saturated rings. The van der Waals surface area contributed by atoms with Crippen molar-refractivity contribution in [3.8, 4) is 0 Å². The van der Waals surface area contributed by atoms with Gasteiger partial charge in [0, 0.05) is 6.54 Å². The van der Waals surface area contributed by atoms with E-state index in [0.29, 0.717) is 4.47 Å². The third-order valence-electron chi connectivity index (χ3n) is 1.74. The first-order valence-corrected chi connectivity index (χ1v) is 5.18. The van der Waals surface area contributed by atoms with Gasteiger partial charge in [-0.1, -0.05) is 13.0 Å². The number of hydrogen-bond donors (Lipinski definition) is 1. The van der Waals surface area contributed by atoms with Crippen LogP contribution in [0, 0.1) is 5.82 Å². The molecule has 0 aliphatic rings. The summed E-state index contributed by atoms with van der Waals surface area (Å²) in [7, 11) is 0. The highest BCUT2D eigenvalue weighted by Gasteiger charge is 1.99. The van der Waals surface area contributed by atoms with Crippen LogP contribution in [0.2, 0.25) is 0 Å². The molecule has 1 aromatic rings. The van der Waals surface area contributed by atoms with Crippen LogP contribution < -0.4 is 5.32 Å². The van der Waals surface area contributed by atoms with Crippen LogP contribution >= 0.6 is 15.9 Å². The van der Waals surface area contributed by atoms with Crippen molar-refractivity contribution in [1.82, 2.24) is 5.32 Å². The Kier molecular flexibility index (Phi) is 4.39. The standard InChI is InChI=1S/C10H13BrFN/c1-2-5-13-7-8-3-4-10(12)9(11)6-8/h3-4,6,13H,2,5,7H2,1H3. The quantitative estimate of drug-likeness (QED) is 0.805. The number of hydrogen-bond acceptors (Lipinski definition) is 1. The predicted molar refractivity (Wildman–Crippen MR) is 56.1 cm³/mol. The van der Waals surface area contributed by atoms with Gasteiger partial charge in [0.05, 0.1) is 4.47 Å². The lowest BCUT2D eigenvalue weighted by molar-refractivity contribution is 0.617. The Morgan fingerprint density at radius 3 is 2.85 bits per heavy atom. The van der Waals surface area contributed by atoms with Crippen molar-refractivity contribution in [1.29, 1.82) is 0 Å². The van der Waals surface area contributed by atoms with Crippen molar-refractivity contribution in [3.05, 3.63) is 34.1 Å². The number of benzene rings is 1. The second kappa shape index (κ2) is 5.35. The first kappa shape index (κ1) is 10.7. The fourth-order valence-electron chi connectivity index (χ4n) is 1.06. The first-order chi connectivity index (χ1) is 6.24. The van der Waals surface area contributed by atoms with E-state index in [1.54, 1.807) is 12.1 Å². The molecule has 0 unspecified atom stereocenters. The van der Waals surface area contributed by atoms with Crippen LogP contribution in [-0.2, 0) is 6.54 Å². The number of nitrogens with one attached hydrogen (secondary N) is 1. The highest BCUT2D eigenvalue weighted by molar-refractivity contribution is 9.10. The van der Waals surface area contributed by atoms with Gasteiger partial charge in [-0.2, -0.15) is 0 Å². The van der Waals surface area contributed by atoms with E-state index in [1.807, 2.05) is 0 Å². The van der Waals surface area contributed by atoms with Crippen molar-refractivity contribution in [2.24, 2.45) is 0 Å². The van der Waals surface area contributed by atoms with E-state index in [9.17, 15) is 4.39 Å². The van der Waals surface area contributed by atoms with E-state index in [1.165, 1.54) is 6.07 Å². The van der Waals surface area contributed by atoms with E-state index in [0.717, 1.165) is 25.1 Å². The Morgan fingerprint density at radius 2 is 2.23 bits per heavy atom. The molecule has 0 saturated heterocycles. The molecule has 0 amide bonds. The Labute approximate surface area is 86.5 Å². The molecule has 1 N–H and O–H groups in total. The van der Waals surface area contributed by atoms with Crippen molar-refractivity contribution in [2.75, 3.05) is 6.54 Å². The summed E-state index contributed by atoms with van der Waals surface area (Å²) in [6.45, 7) is 3.91. The molecule has 0 heterocycles. The van der Waals surface area contributed by atoms with Crippen LogP contribution in [-0.4, -0.2) is 6.54 Å². The summed E-state index contributed by atoms with van der Waals surface area (Å²) >= 11 is 3.15. The smallest absolute Gasteiger partial charge is 0.137 e. The summed E-state index contributed by atoms with van der Waals surface area (Å²) in [5.74, 6) is -0.209. The van der Waals surface area contributed by atoms with E-state index >= 15 is 0 Å². The topological polar surface area (TPSA) is 12.0 Å². The molecule has 1 aromatic carbocycles. The van der Waals surface area contributed by atoms with Gasteiger partial charge in [0.15, 0.2) is 0 Å². The molecule has 0 saturated carbocycles. The lowest BCUT2D eigenvalue weighted by Crippen LogP contribution is -2.13. The molecule has 0 radical (unpaired) electrons. The molecule has 0 spiro atoms. The van der Waals surface area contributed by atoms with Gasteiger partial charge in [-0.15, -0.1) is 0 Å². The van der Waals surface area contributed by atoms with Crippen molar-refractivity contribution >= 4 is 15.9 Å². The van der Waals surface area contributed by atoms with Crippen LogP contribution in [0.3, 0.4) is 0 Å². The molecular weight excluding hydrogens is 233 g/mol. The Balaban J connectivity index is 2.53. The molecular formula is C10H13BrFN. The van der Waals surface area contributed by atoms with Gasteiger partial charge in [-0.05, 0) is 46.6 Å². The molecule has 0 bridgehead atoms. The lowest BCUT2D eigenvalue weighted by Gasteiger charge is -2.03. The molecule has 0 aliphatic carbocycles. The minimum absolute atomic E-state index is 0.209. The summed E-state index contributed by atoms with van der Waals surface area (Å²) in [5, 5.41) is 3.25. The second-order valence-corrected chi connectivity index (χ2v) is 3.78. The monoisotopic (exact) mass is 245 g/mol. The van der Waals surface area contributed by atoms with Gasteiger partial charge in [0.25, 0.3) is 0 Å². The molecule has 0 aliphatic heterocycles. The van der Waals surface area contributed by atoms with Gasteiger partial charge >= 0.3 is 0 Å². The molecule has 1 nitrogen and oxygen atoms in total. The van der Waals surface area contributed by atoms with Crippen molar-refractivity contribution in [3.63, 3.8) is 0 Å². The van der Waals surface area contributed by atoms with Crippen LogP contribution in [0.1, 0.15) is 18.9 Å². The van der Waals surface area contributed by atoms with Gasteiger partial charge in [-0.3, -0.25) is 0 Å². The first-order valence-electron chi connectivity index (χ1n) is 4.38. The van der Waals surface area contributed by atoms with E-state index < -0.39 is 0 Å². The fourth-order valence-corrected chi connectivity index (χ4v) is 1.49. The molecule has 72 valence electrons. The highest BCUT2D eigenvalue weighted by Crippen LogP contribution is 2.16. The number of halogens is 2. The Hall–Kier alpha value is -0.410. The maximum atomic E-state index is 12.8. The van der Waals surface area contributed by atoms with Gasteiger partial charge < -0.3 is 5.32 Å². The lowest BCUT2D eigenvalue weighted by atomic mass is 10.2. The Bertz CT molecular complexity index is 276. The van der Waals surface area contributed by atoms with Gasteiger partial charge in [-0.25, -0.2) is 4.39 Å². The SMILES string of the molecule is CCCNCc1ccc(F)c(Br)c1. The van der Waals surface area contributed by atoms with Gasteiger partial charge in [0.1, 0.15) is 5.82 Å². The zero-order chi connectivity index (χ0) is 9.68. The Morgan fingerprint density at radius 1 is 1.46 bits per heavy atom. The van der Waals surface area contributed by atoms with Crippen LogP contribution in [0.5, 0.6) is 0 Å². The highest BCUT2D eigenvalue weighted by atomic mass is 79.9. The average molecular weight is 246 g/mol. The van der Waals surface area contributed by atoms with Crippen molar-refractivity contribution < 1.29 is 4.39 Å². The molecule has 0 aromatic heterocycles. The summed E-state index contributed by atoms with van der Waals surface area (Å²) in [6.07, 6.45) is 1.11. The van der Waals surface area contributed by atoms with Crippen LogP contribution in [0.4, 0.5) is 4.39 Å². The second-order valence-electron chi connectivity index (χ2n) is 2.93. The van der Waals surface area contributed by atoms with Crippen LogP contribution in [0.25, 0.3) is 0 Å². The molecule has 0 atom stereocenters. The summed E-state index contributed by atoms with van der Waals surface area (Å²) in [6, 6.07) is 5.08. The van der Waals surface area contributed by atoms with E-state index in [4.69, 9.17) is 0 Å². The maximum Gasteiger partial charge on any atom is 0.137 e. The third kappa shape index (κ3) is 3.44. The minimum atomic E-state index is -0.209.